The van der Waals surface area contributed by atoms with Gasteiger partial charge in [0.15, 0.2) is 0 Å². The van der Waals surface area contributed by atoms with E-state index in [0.29, 0.717) is 32.6 Å². The van der Waals surface area contributed by atoms with Gasteiger partial charge in [-0.25, -0.2) is 0 Å². The van der Waals surface area contributed by atoms with Gasteiger partial charge in [-0.15, -0.1) is 0 Å². The molecule has 2 atom stereocenters. The summed E-state index contributed by atoms with van der Waals surface area (Å²) in [6.07, 6.45) is 1.27. The monoisotopic (exact) mass is 430 g/mol. The molecule has 0 aromatic carbocycles. The minimum Gasteiger partial charge on any atom is -0.381 e. The molecule has 0 spiro atoms. The lowest BCUT2D eigenvalue weighted by molar-refractivity contribution is -0.129. The fourth-order valence-electron chi connectivity index (χ4n) is 4.18. The van der Waals surface area contributed by atoms with Gasteiger partial charge in [0.1, 0.15) is 12.1 Å². The van der Waals surface area contributed by atoms with Crippen molar-refractivity contribution in [1.82, 2.24) is 30.2 Å². The number of amides is 2. The van der Waals surface area contributed by atoms with Crippen molar-refractivity contribution in [2.75, 3.05) is 19.8 Å². The predicted octanol–water partition coefficient (Wildman–Crippen LogP) is 1.92. The number of rotatable bonds is 7. The molecule has 9 nitrogen and oxygen atoms in total. The van der Waals surface area contributed by atoms with Crippen LogP contribution in [-0.2, 0) is 14.3 Å². The van der Waals surface area contributed by atoms with Crippen molar-refractivity contribution in [3.8, 4) is 0 Å². The van der Waals surface area contributed by atoms with Crippen LogP contribution in [-0.4, -0.2) is 56.7 Å². The van der Waals surface area contributed by atoms with E-state index in [1.54, 1.807) is 9.36 Å². The highest BCUT2D eigenvalue weighted by atomic mass is 16.5. The molecule has 9 heteroatoms. The van der Waals surface area contributed by atoms with Crippen molar-refractivity contribution >= 4 is 11.8 Å². The molecule has 1 aliphatic heterocycles. The average molecular weight is 431 g/mol. The molecule has 1 fully saturated rings. The first kappa shape index (κ1) is 23.0. The third-order valence-corrected chi connectivity index (χ3v) is 6.02. The summed E-state index contributed by atoms with van der Waals surface area (Å²) in [6.45, 7) is 12.8. The van der Waals surface area contributed by atoms with Crippen LogP contribution in [0.25, 0.3) is 0 Å². The average Bonchev–Trinajstić information content (AvgIpc) is 3.25. The van der Waals surface area contributed by atoms with Gasteiger partial charge in [0.05, 0.1) is 16.9 Å². The van der Waals surface area contributed by atoms with Gasteiger partial charge in [-0.1, -0.05) is 0 Å². The normalized spacial score (nSPS) is 17.7. The molecule has 2 aromatic heterocycles. The maximum Gasteiger partial charge on any atom is 0.245 e. The number of carbonyl (C=O) groups excluding carboxylic acids is 2. The van der Waals surface area contributed by atoms with Gasteiger partial charge in [-0.3, -0.25) is 19.0 Å². The molecule has 1 aliphatic rings. The fraction of sp³-hybridized carbons (Fsp3) is 0.636. The number of carbonyl (C=O) groups is 2. The second-order valence-electron chi connectivity index (χ2n) is 8.70. The molecule has 2 unspecified atom stereocenters. The van der Waals surface area contributed by atoms with Gasteiger partial charge < -0.3 is 15.4 Å². The number of hydrogen-bond donors (Lipinski definition) is 2. The molecule has 3 heterocycles. The van der Waals surface area contributed by atoms with E-state index in [9.17, 15) is 9.59 Å². The Morgan fingerprint density at radius 2 is 1.45 bits per heavy atom. The topological polar surface area (TPSA) is 103 Å². The summed E-state index contributed by atoms with van der Waals surface area (Å²) in [5.41, 5.74) is 3.08. The van der Waals surface area contributed by atoms with E-state index in [1.165, 1.54) is 0 Å². The Labute approximate surface area is 183 Å². The maximum absolute atomic E-state index is 13.1. The van der Waals surface area contributed by atoms with Crippen LogP contribution < -0.4 is 10.6 Å². The lowest BCUT2D eigenvalue weighted by Gasteiger charge is -2.39. The Morgan fingerprint density at radius 1 is 0.968 bits per heavy atom. The highest BCUT2D eigenvalue weighted by Gasteiger charge is 2.36. The molecule has 2 amide bonds. The van der Waals surface area contributed by atoms with E-state index in [0.717, 1.165) is 22.8 Å². The molecule has 0 saturated carbocycles. The first-order chi connectivity index (χ1) is 14.6. The van der Waals surface area contributed by atoms with Crippen molar-refractivity contribution in [3.05, 3.63) is 34.9 Å². The zero-order valence-corrected chi connectivity index (χ0v) is 19.4. The summed E-state index contributed by atoms with van der Waals surface area (Å²) in [6, 6.07) is 3.02. The van der Waals surface area contributed by atoms with Crippen molar-refractivity contribution in [2.45, 2.75) is 72.0 Å². The molecular formula is C22H34N6O3. The molecule has 2 aromatic rings. The van der Waals surface area contributed by atoms with Crippen LogP contribution in [0.3, 0.4) is 0 Å². The predicted molar refractivity (Wildman–Crippen MR) is 117 cm³/mol. The number of ether oxygens (including phenoxy) is 1. The van der Waals surface area contributed by atoms with Gasteiger partial charge in [0, 0.05) is 31.1 Å². The summed E-state index contributed by atoms with van der Waals surface area (Å²) in [5.74, 6) is -0.244. The summed E-state index contributed by atoms with van der Waals surface area (Å²) in [7, 11) is 0. The van der Waals surface area contributed by atoms with Crippen LogP contribution in [0.2, 0.25) is 0 Å². The van der Waals surface area contributed by atoms with E-state index < -0.39 is 17.6 Å². The minimum atomic E-state index is -0.551. The smallest absolute Gasteiger partial charge is 0.245 e. The van der Waals surface area contributed by atoms with Crippen LogP contribution in [0.15, 0.2) is 12.1 Å². The lowest BCUT2D eigenvalue weighted by atomic mass is 9.89. The molecule has 1 saturated heterocycles. The van der Waals surface area contributed by atoms with E-state index >= 15 is 0 Å². The van der Waals surface area contributed by atoms with Crippen LogP contribution in [0.5, 0.6) is 0 Å². The second-order valence-corrected chi connectivity index (χ2v) is 8.70. The standard InChI is InChI=1S/C22H34N6O3/c1-14-11-16(3)27(25-14)18(5)20(29)23-13-22(7-9-31-10-8-22)24-21(30)19(6)28-17(4)12-15(2)26-28/h11-12,18-19H,7-10,13H2,1-6H3,(H,23,29)(H,24,30). The summed E-state index contributed by atoms with van der Waals surface area (Å²) < 4.78 is 8.98. The number of nitrogens with zero attached hydrogens (tertiary/aromatic N) is 4. The molecule has 0 aliphatic carbocycles. The molecule has 31 heavy (non-hydrogen) atoms. The fourth-order valence-corrected chi connectivity index (χ4v) is 4.18. The van der Waals surface area contributed by atoms with Crippen LogP contribution in [0.4, 0.5) is 0 Å². The number of nitrogens with one attached hydrogen (secondary N) is 2. The third-order valence-electron chi connectivity index (χ3n) is 6.02. The third kappa shape index (κ3) is 5.15. The summed E-state index contributed by atoms with van der Waals surface area (Å²) >= 11 is 0. The highest BCUT2D eigenvalue weighted by Crippen LogP contribution is 2.22. The van der Waals surface area contributed by atoms with E-state index in [4.69, 9.17) is 4.74 Å². The van der Waals surface area contributed by atoms with Gasteiger partial charge in [0.2, 0.25) is 11.8 Å². The van der Waals surface area contributed by atoms with Crippen molar-refractivity contribution in [2.24, 2.45) is 0 Å². The SMILES string of the molecule is Cc1cc(C)n(C(C)C(=O)NCC2(NC(=O)C(C)n3nc(C)cc3C)CCOCC2)n1. The second kappa shape index (κ2) is 9.21. The molecule has 170 valence electrons. The Hall–Kier alpha value is -2.68. The molecule has 3 rings (SSSR count). The number of hydrogen-bond acceptors (Lipinski definition) is 5. The van der Waals surface area contributed by atoms with E-state index in [1.807, 2.05) is 53.7 Å². The van der Waals surface area contributed by atoms with E-state index in [2.05, 4.69) is 20.8 Å². The quantitative estimate of drug-likeness (QED) is 0.699. The molecule has 0 radical (unpaired) electrons. The summed E-state index contributed by atoms with van der Waals surface area (Å²) in [4.78, 5) is 25.9. The zero-order chi connectivity index (χ0) is 22.8. The summed E-state index contributed by atoms with van der Waals surface area (Å²) in [5, 5.41) is 15.1. The minimum absolute atomic E-state index is 0.117. The van der Waals surface area contributed by atoms with Gasteiger partial charge in [0.25, 0.3) is 0 Å². The first-order valence-corrected chi connectivity index (χ1v) is 10.8. The number of aryl methyl sites for hydroxylation is 4. The van der Waals surface area contributed by atoms with Gasteiger partial charge in [-0.05, 0) is 66.5 Å². The Kier molecular flexibility index (Phi) is 6.83. The lowest BCUT2D eigenvalue weighted by Crippen LogP contribution is -2.59. The Bertz CT molecular complexity index is 941. The maximum atomic E-state index is 13.1. The van der Waals surface area contributed by atoms with Crippen LogP contribution in [0, 0.1) is 27.7 Å². The largest absolute Gasteiger partial charge is 0.381 e. The first-order valence-electron chi connectivity index (χ1n) is 10.8. The molecule has 0 bridgehead atoms. The van der Waals surface area contributed by atoms with Crippen molar-refractivity contribution in [3.63, 3.8) is 0 Å². The van der Waals surface area contributed by atoms with Crippen LogP contribution >= 0.6 is 0 Å². The molecular weight excluding hydrogens is 396 g/mol. The van der Waals surface area contributed by atoms with Gasteiger partial charge >= 0.3 is 0 Å². The zero-order valence-electron chi connectivity index (χ0n) is 19.4. The van der Waals surface area contributed by atoms with Crippen molar-refractivity contribution < 1.29 is 14.3 Å². The van der Waals surface area contributed by atoms with E-state index in [-0.39, 0.29) is 11.8 Å². The number of aromatic nitrogens is 4. The van der Waals surface area contributed by atoms with Crippen LogP contribution in [0.1, 0.15) is 61.5 Å². The van der Waals surface area contributed by atoms with Crippen molar-refractivity contribution in [1.29, 1.82) is 0 Å². The Morgan fingerprint density at radius 3 is 1.90 bits per heavy atom. The van der Waals surface area contributed by atoms with Gasteiger partial charge in [-0.2, -0.15) is 10.2 Å². The Balaban J connectivity index is 1.69. The highest BCUT2D eigenvalue weighted by molar-refractivity contribution is 5.82. The molecule has 2 N–H and O–H groups in total.